The highest BCUT2D eigenvalue weighted by Crippen LogP contribution is 2.39. The maximum atomic E-state index is 11.8. The standard InChI is InChI=1S/C9H7Br3O6S/c10-4-3-5(11)8(13)7(12)6(4)9(14)18-1-2-19(15,16)17/h3,13H,1-2H2,(H,15,16,17). The number of hydrogen-bond acceptors (Lipinski definition) is 5. The highest BCUT2D eigenvalue weighted by atomic mass is 79.9. The Morgan fingerprint density at radius 2 is 1.84 bits per heavy atom. The molecule has 0 heterocycles. The fraction of sp³-hybridized carbons (Fsp3) is 0.222. The summed E-state index contributed by atoms with van der Waals surface area (Å²) in [4.78, 5) is 11.8. The van der Waals surface area contributed by atoms with Crippen molar-refractivity contribution in [2.24, 2.45) is 0 Å². The van der Waals surface area contributed by atoms with Crippen molar-refractivity contribution in [2.75, 3.05) is 12.4 Å². The molecular formula is C9H7Br3O6S. The van der Waals surface area contributed by atoms with Crippen LogP contribution in [-0.4, -0.2) is 36.4 Å². The average Bonchev–Trinajstić information content (AvgIpc) is 2.24. The van der Waals surface area contributed by atoms with Gasteiger partial charge in [-0.15, -0.1) is 0 Å². The molecule has 0 bridgehead atoms. The van der Waals surface area contributed by atoms with Crippen LogP contribution in [0.3, 0.4) is 0 Å². The number of rotatable bonds is 4. The fourth-order valence-electron chi connectivity index (χ4n) is 1.08. The minimum absolute atomic E-state index is 0.0102. The van der Waals surface area contributed by atoms with Crippen molar-refractivity contribution in [1.82, 2.24) is 0 Å². The largest absolute Gasteiger partial charge is 0.506 e. The van der Waals surface area contributed by atoms with E-state index in [9.17, 15) is 18.3 Å². The third kappa shape index (κ3) is 4.71. The van der Waals surface area contributed by atoms with Gasteiger partial charge in [0, 0.05) is 4.47 Å². The monoisotopic (exact) mass is 480 g/mol. The number of carbonyl (C=O) groups is 1. The molecule has 0 aliphatic carbocycles. The van der Waals surface area contributed by atoms with E-state index in [1.807, 2.05) is 0 Å². The van der Waals surface area contributed by atoms with Gasteiger partial charge in [-0.05, 0) is 53.9 Å². The van der Waals surface area contributed by atoms with Crippen molar-refractivity contribution in [2.45, 2.75) is 0 Å². The molecule has 2 N–H and O–H groups in total. The van der Waals surface area contributed by atoms with Gasteiger partial charge in [-0.1, -0.05) is 0 Å². The summed E-state index contributed by atoms with van der Waals surface area (Å²) in [6.07, 6.45) is 0. The highest BCUT2D eigenvalue weighted by molar-refractivity contribution is 9.11. The van der Waals surface area contributed by atoms with Gasteiger partial charge in [0.25, 0.3) is 10.1 Å². The Kier molecular flexibility index (Phi) is 5.80. The van der Waals surface area contributed by atoms with Crippen LogP contribution in [0, 0.1) is 0 Å². The van der Waals surface area contributed by atoms with E-state index in [2.05, 4.69) is 47.8 Å². The topological polar surface area (TPSA) is 101 Å². The third-order valence-corrected chi connectivity index (χ3v) is 4.61. The van der Waals surface area contributed by atoms with Gasteiger partial charge in [0.05, 0.1) is 14.5 Å². The van der Waals surface area contributed by atoms with Gasteiger partial charge in [0.2, 0.25) is 0 Å². The molecule has 0 spiro atoms. The number of phenolic OH excluding ortho intramolecular Hbond substituents is 1. The van der Waals surface area contributed by atoms with Gasteiger partial charge in [-0.2, -0.15) is 8.42 Å². The zero-order chi connectivity index (χ0) is 14.8. The molecule has 0 amide bonds. The molecule has 0 aliphatic heterocycles. The normalized spacial score (nSPS) is 11.4. The number of benzene rings is 1. The quantitative estimate of drug-likeness (QED) is 0.505. The summed E-state index contributed by atoms with van der Waals surface area (Å²) >= 11 is 9.24. The van der Waals surface area contributed by atoms with Crippen LogP contribution in [0.4, 0.5) is 0 Å². The van der Waals surface area contributed by atoms with Crippen LogP contribution in [0.2, 0.25) is 0 Å². The predicted octanol–water partition coefficient (Wildman–Crippen LogP) is 2.72. The van der Waals surface area contributed by atoms with Crippen molar-refractivity contribution < 1.29 is 27.6 Å². The van der Waals surface area contributed by atoms with Crippen molar-refractivity contribution >= 4 is 63.9 Å². The molecule has 0 radical (unpaired) electrons. The summed E-state index contributed by atoms with van der Waals surface area (Å²) in [6, 6.07) is 1.44. The maximum Gasteiger partial charge on any atom is 0.340 e. The second-order valence-electron chi connectivity index (χ2n) is 3.30. The molecule has 0 atom stereocenters. The summed E-state index contributed by atoms with van der Waals surface area (Å²) < 4.78 is 35.0. The molecule has 0 unspecified atom stereocenters. The van der Waals surface area contributed by atoms with E-state index in [0.717, 1.165) is 0 Å². The van der Waals surface area contributed by atoms with E-state index in [1.165, 1.54) is 6.07 Å². The Morgan fingerprint density at radius 1 is 1.26 bits per heavy atom. The van der Waals surface area contributed by atoms with Crippen LogP contribution in [0.5, 0.6) is 5.75 Å². The van der Waals surface area contributed by atoms with E-state index >= 15 is 0 Å². The summed E-state index contributed by atoms with van der Waals surface area (Å²) in [5.41, 5.74) is 0.0102. The van der Waals surface area contributed by atoms with Crippen LogP contribution in [0.1, 0.15) is 10.4 Å². The first-order valence-electron chi connectivity index (χ1n) is 4.62. The molecular weight excluding hydrogens is 476 g/mol. The van der Waals surface area contributed by atoms with Crippen molar-refractivity contribution in [3.05, 3.63) is 25.0 Å². The molecule has 6 nitrogen and oxygen atoms in total. The lowest BCUT2D eigenvalue weighted by molar-refractivity contribution is 0.0525. The lowest BCUT2D eigenvalue weighted by Gasteiger charge is -2.10. The first kappa shape index (κ1) is 16.9. The molecule has 0 fully saturated rings. The first-order chi connectivity index (χ1) is 8.63. The predicted molar refractivity (Wildman–Crippen MR) is 77.9 cm³/mol. The summed E-state index contributed by atoms with van der Waals surface area (Å²) in [7, 11) is -4.19. The molecule has 10 heteroatoms. The summed E-state index contributed by atoms with van der Waals surface area (Å²) in [5.74, 6) is -1.73. The number of halogens is 3. The molecule has 0 saturated heterocycles. The molecule has 1 aromatic rings. The Morgan fingerprint density at radius 3 is 2.37 bits per heavy atom. The number of esters is 1. The Labute approximate surface area is 134 Å². The second kappa shape index (κ2) is 6.53. The minimum atomic E-state index is -4.19. The number of hydrogen-bond donors (Lipinski definition) is 2. The number of carbonyl (C=O) groups excluding carboxylic acids is 1. The number of phenols is 1. The lowest BCUT2D eigenvalue weighted by Crippen LogP contribution is -2.15. The summed E-state index contributed by atoms with van der Waals surface area (Å²) in [5, 5.41) is 9.66. The molecule has 0 aromatic heterocycles. The van der Waals surface area contributed by atoms with Gasteiger partial charge in [0.1, 0.15) is 18.1 Å². The van der Waals surface area contributed by atoms with E-state index < -0.39 is 28.4 Å². The smallest absolute Gasteiger partial charge is 0.340 e. The maximum absolute atomic E-state index is 11.8. The van der Waals surface area contributed by atoms with Gasteiger partial charge >= 0.3 is 5.97 Å². The van der Waals surface area contributed by atoms with Gasteiger partial charge < -0.3 is 9.84 Å². The lowest BCUT2D eigenvalue weighted by atomic mass is 10.2. The third-order valence-electron chi connectivity index (χ3n) is 1.92. The fourth-order valence-corrected chi connectivity index (χ4v) is 3.82. The van der Waals surface area contributed by atoms with Crippen molar-refractivity contribution in [3.63, 3.8) is 0 Å². The van der Waals surface area contributed by atoms with Crippen LogP contribution in [-0.2, 0) is 14.9 Å². The molecule has 106 valence electrons. The molecule has 1 aromatic carbocycles. The average molecular weight is 483 g/mol. The molecule has 19 heavy (non-hydrogen) atoms. The first-order valence-corrected chi connectivity index (χ1v) is 8.61. The number of ether oxygens (including phenoxy) is 1. The van der Waals surface area contributed by atoms with E-state index in [1.54, 1.807) is 0 Å². The minimum Gasteiger partial charge on any atom is -0.506 e. The molecule has 0 saturated carbocycles. The van der Waals surface area contributed by atoms with E-state index in [-0.39, 0.29) is 15.8 Å². The zero-order valence-corrected chi connectivity index (χ0v) is 14.6. The van der Waals surface area contributed by atoms with Gasteiger partial charge in [0.15, 0.2) is 0 Å². The van der Waals surface area contributed by atoms with Crippen LogP contribution >= 0.6 is 47.8 Å². The van der Waals surface area contributed by atoms with Crippen LogP contribution in [0.25, 0.3) is 0 Å². The molecule has 0 aliphatic rings. The van der Waals surface area contributed by atoms with Crippen molar-refractivity contribution in [1.29, 1.82) is 0 Å². The van der Waals surface area contributed by atoms with E-state index in [4.69, 9.17) is 9.29 Å². The molecule has 1 rings (SSSR count). The SMILES string of the molecule is O=C(OCCS(=O)(=O)O)c1c(Br)cc(Br)c(O)c1Br. The Bertz CT molecular complexity index is 613. The Hall–Kier alpha value is -0.160. The zero-order valence-electron chi connectivity index (χ0n) is 9.06. The van der Waals surface area contributed by atoms with E-state index in [0.29, 0.717) is 8.95 Å². The van der Waals surface area contributed by atoms with Crippen LogP contribution in [0.15, 0.2) is 19.5 Å². The Balaban J connectivity index is 2.92. The van der Waals surface area contributed by atoms with Gasteiger partial charge in [-0.3, -0.25) is 4.55 Å². The summed E-state index contributed by atoms with van der Waals surface area (Å²) in [6.45, 7) is -0.493. The van der Waals surface area contributed by atoms with Crippen LogP contribution < -0.4 is 0 Å². The van der Waals surface area contributed by atoms with Crippen molar-refractivity contribution in [3.8, 4) is 5.75 Å². The number of aromatic hydroxyl groups is 1. The second-order valence-corrected chi connectivity index (χ2v) is 7.37. The van der Waals surface area contributed by atoms with Gasteiger partial charge in [-0.25, -0.2) is 4.79 Å². The highest BCUT2D eigenvalue weighted by Gasteiger charge is 2.21.